The Morgan fingerprint density at radius 3 is 2.94 bits per heavy atom. The molecule has 1 heterocycles. The Kier molecular flexibility index (Phi) is 5.91. The summed E-state index contributed by atoms with van der Waals surface area (Å²) in [6.45, 7) is 8.00. The minimum absolute atomic E-state index is 0.140. The van der Waals surface area contributed by atoms with Crippen LogP contribution >= 0.6 is 0 Å². The van der Waals surface area contributed by atoms with Gasteiger partial charge in [0.25, 0.3) is 0 Å². The van der Waals surface area contributed by atoms with Crippen LogP contribution in [0.2, 0.25) is 0 Å². The van der Waals surface area contributed by atoms with E-state index in [1.165, 1.54) is 0 Å². The maximum absolute atomic E-state index is 11.5. The average Bonchev–Trinajstić information content (AvgIpc) is 2.29. The molecule has 1 N–H and O–H groups in total. The maximum atomic E-state index is 11.5. The Hall–Kier alpha value is -1.16. The van der Waals surface area contributed by atoms with Crippen LogP contribution in [0.15, 0.2) is 17.1 Å². The van der Waals surface area contributed by atoms with Gasteiger partial charge in [-0.05, 0) is 45.7 Å². The van der Waals surface area contributed by atoms with Crippen molar-refractivity contribution >= 4 is 0 Å². The number of nitrogens with zero attached hydrogens (tertiary/aromatic N) is 2. The summed E-state index contributed by atoms with van der Waals surface area (Å²) in [5.41, 5.74) is 0.642. The molecule has 4 nitrogen and oxygen atoms in total. The van der Waals surface area contributed by atoms with E-state index in [1.807, 2.05) is 19.2 Å². The van der Waals surface area contributed by atoms with Crippen LogP contribution in [0.25, 0.3) is 0 Å². The molecule has 0 aliphatic heterocycles. The van der Waals surface area contributed by atoms with Gasteiger partial charge in [-0.3, -0.25) is 4.57 Å². The SMILES string of the molecule is CCCNC(C)CCCn1ccc(C)nc1=O. The van der Waals surface area contributed by atoms with Crippen LogP contribution in [0.3, 0.4) is 0 Å². The molecule has 0 bridgehead atoms. The monoisotopic (exact) mass is 237 g/mol. The van der Waals surface area contributed by atoms with Gasteiger partial charge in [0.2, 0.25) is 0 Å². The van der Waals surface area contributed by atoms with Gasteiger partial charge < -0.3 is 5.32 Å². The van der Waals surface area contributed by atoms with E-state index in [9.17, 15) is 4.79 Å². The predicted molar refractivity (Wildman–Crippen MR) is 70.2 cm³/mol. The van der Waals surface area contributed by atoms with E-state index < -0.39 is 0 Å². The summed E-state index contributed by atoms with van der Waals surface area (Å²) in [6, 6.07) is 2.39. The van der Waals surface area contributed by atoms with Crippen LogP contribution in [0.1, 0.15) is 38.8 Å². The predicted octanol–water partition coefficient (Wildman–Crippen LogP) is 1.72. The van der Waals surface area contributed by atoms with Gasteiger partial charge in [0.1, 0.15) is 0 Å². The molecule has 1 aromatic rings. The molecule has 4 heteroatoms. The highest BCUT2D eigenvalue weighted by Gasteiger charge is 2.01. The zero-order valence-corrected chi connectivity index (χ0v) is 11.1. The molecule has 0 saturated heterocycles. The Morgan fingerprint density at radius 2 is 2.29 bits per heavy atom. The Morgan fingerprint density at radius 1 is 1.53 bits per heavy atom. The number of aromatic nitrogens is 2. The summed E-state index contributed by atoms with van der Waals surface area (Å²) in [4.78, 5) is 15.4. The number of hydrogen-bond acceptors (Lipinski definition) is 3. The molecule has 0 aliphatic carbocycles. The van der Waals surface area contributed by atoms with Gasteiger partial charge in [0, 0.05) is 24.5 Å². The summed E-state index contributed by atoms with van der Waals surface area (Å²) < 4.78 is 1.68. The third-order valence-corrected chi connectivity index (χ3v) is 2.79. The first-order valence-electron chi connectivity index (χ1n) is 6.41. The van der Waals surface area contributed by atoms with Gasteiger partial charge in [-0.15, -0.1) is 0 Å². The van der Waals surface area contributed by atoms with E-state index in [-0.39, 0.29) is 5.69 Å². The molecule has 96 valence electrons. The standard InChI is InChI=1S/C13H23N3O/c1-4-8-14-11(2)6-5-9-16-10-7-12(3)15-13(16)17/h7,10-11,14H,4-6,8-9H2,1-3H3. The zero-order chi connectivity index (χ0) is 12.7. The first-order valence-corrected chi connectivity index (χ1v) is 6.41. The molecule has 0 amide bonds. The second-order valence-electron chi connectivity index (χ2n) is 4.54. The summed E-state index contributed by atoms with van der Waals surface area (Å²) in [5, 5.41) is 3.44. The quantitative estimate of drug-likeness (QED) is 0.785. The summed E-state index contributed by atoms with van der Waals surface area (Å²) >= 11 is 0. The molecule has 0 saturated carbocycles. The molecule has 0 aliphatic rings. The lowest BCUT2D eigenvalue weighted by Crippen LogP contribution is -2.28. The highest BCUT2D eigenvalue weighted by atomic mass is 16.1. The number of hydrogen-bond donors (Lipinski definition) is 1. The fourth-order valence-corrected chi connectivity index (χ4v) is 1.74. The summed E-state index contributed by atoms with van der Waals surface area (Å²) in [6.07, 6.45) is 5.07. The summed E-state index contributed by atoms with van der Waals surface area (Å²) in [7, 11) is 0. The van der Waals surface area contributed by atoms with Crippen molar-refractivity contribution in [2.45, 2.75) is 52.6 Å². The average molecular weight is 237 g/mol. The fraction of sp³-hybridized carbons (Fsp3) is 0.692. The molecule has 1 atom stereocenters. The summed E-state index contributed by atoms with van der Waals surface area (Å²) in [5.74, 6) is 0. The van der Waals surface area contributed by atoms with Crippen molar-refractivity contribution in [1.29, 1.82) is 0 Å². The van der Waals surface area contributed by atoms with Gasteiger partial charge in [0.15, 0.2) is 0 Å². The van der Waals surface area contributed by atoms with E-state index in [2.05, 4.69) is 24.1 Å². The van der Waals surface area contributed by atoms with E-state index in [0.29, 0.717) is 6.04 Å². The largest absolute Gasteiger partial charge is 0.347 e. The number of rotatable bonds is 7. The molecular formula is C13H23N3O. The van der Waals surface area contributed by atoms with Gasteiger partial charge in [-0.1, -0.05) is 6.92 Å². The van der Waals surface area contributed by atoms with E-state index >= 15 is 0 Å². The van der Waals surface area contributed by atoms with E-state index in [0.717, 1.165) is 38.0 Å². The second-order valence-corrected chi connectivity index (χ2v) is 4.54. The van der Waals surface area contributed by atoms with Gasteiger partial charge in [0.05, 0.1) is 0 Å². The lowest BCUT2D eigenvalue weighted by atomic mass is 10.2. The number of aryl methyl sites for hydroxylation is 2. The Bertz CT molecular complexity index is 386. The zero-order valence-electron chi connectivity index (χ0n) is 11.1. The third kappa shape index (κ3) is 5.13. The lowest BCUT2D eigenvalue weighted by molar-refractivity contribution is 0.470. The molecule has 1 rings (SSSR count). The van der Waals surface area contributed by atoms with Crippen LogP contribution in [-0.2, 0) is 6.54 Å². The van der Waals surface area contributed by atoms with Crippen molar-refractivity contribution in [2.24, 2.45) is 0 Å². The van der Waals surface area contributed by atoms with Gasteiger partial charge in [-0.25, -0.2) is 4.79 Å². The topological polar surface area (TPSA) is 46.9 Å². The molecule has 0 radical (unpaired) electrons. The van der Waals surface area contributed by atoms with Crippen LogP contribution in [0, 0.1) is 6.92 Å². The minimum Gasteiger partial charge on any atom is -0.314 e. The first kappa shape index (κ1) is 13.9. The van der Waals surface area contributed by atoms with Crippen molar-refractivity contribution in [3.8, 4) is 0 Å². The van der Waals surface area contributed by atoms with Gasteiger partial charge >= 0.3 is 5.69 Å². The van der Waals surface area contributed by atoms with Crippen molar-refractivity contribution in [3.05, 3.63) is 28.4 Å². The highest BCUT2D eigenvalue weighted by Crippen LogP contribution is 1.99. The maximum Gasteiger partial charge on any atom is 0.347 e. The lowest BCUT2D eigenvalue weighted by Gasteiger charge is -2.13. The third-order valence-electron chi connectivity index (χ3n) is 2.79. The fourth-order valence-electron chi connectivity index (χ4n) is 1.74. The number of nitrogens with one attached hydrogen (secondary N) is 1. The van der Waals surface area contributed by atoms with Crippen molar-refractivity contribution in [3.63, 3.8) is 0 Å². The molecular weight excluding hydrogens is 214 g/mol. The van der Waals surface area contributed by atoms with Gasteiger partial charge in [-0.2, -0.15) is 4.98 Å². The van der Waals surface area contributed by atoms with E-state index in [4.69, 9.17) is 0 Å². The normalized spacial score (nSPS) is 12.6. The first-order chi connectivity index (χ1) is 8.13. The van der Waals surface area contributed by atoms with Crippen LogP contribution in [-0.4, -0.2) is 22.1 Å². The van der Waals surface area contributed by atoms with Crippen LogP contribution < -0.4 is 11.0 Å². The van der Waals surface area contributed by atoms with Crippen LogP contribution in [0.5, 0.6) is 0 Å². The molecule has 17 heavy (non-hydrogen) atoms. The highest BCUT2D eigenvalue weighted by molar-refractivity contribution is 4.95. The molecule has 0 fully saturated rings. The Balaban J connectivity index is 2.33. The van der Waals surface area contributed by atoms with Crippen LogP contribution in [0.4, 0.5) is 0 Å². The molecule has 1 unspecified atom stereocenters. The second kappa shape index (κ2) is 7.22. The Labute approximate surface area is 103 Å². The van der Waals surface area contributed by atoms with Crippen molar-refractivity contribution in [2.75, 3.05) is 6.54 Å². The minimum atomic E-state index is -0.140. The van der Waals surface area contributed by atoms with Crippen molar-refractivity contribution in [1.82, 2.24) is 14.9 Å². The smallest absolute Gasteiger partial charge is 0.314 e. The molecule has 0 aromatic carbocycles. The molecule has 0 spiro atoms. The molecule has 1 aromatic heterocycles. The van der Waals surface area contributed by atoms with E-state index in [1.54, 1.807) is 4.57 Å². The van der Waals surface area contributed by atoms with Crippen molar-refractivity contribution < 1.29 is 0 Å².